The molecule has 17 heavy (non-hydrogen) atoms. The molecule has 0 amide bonds. The van der Waals surface area contributed by atoms with Gasteiger partial charge in [0.2, 0.25) is 0 Å². The van der Waals surface area contributed by atoms with E-state index in [1.54, 1.807) is 0 Å². The molecular weight excluding hydrogens is 208 g/mol. The molecule has 0 aromatic rings. The minimum Gasteiger partial charge on any atom is -0.330 e. The van der Waals surface area contributed by atoms with Crippen molar-refractivity contribution in [1.82, 2.24) is 4.90 Å². The van der Waals surface area contributed by atoms with Gasteiger partial charge in [0.25, 0.3) is 0 Å². The van der Waals surface area contributed by atoms with Crippen molar-refractivity contribution in [3.63, 3.8) is 0 Å². The van der Waals surface area contributed by atoms with E-state index in [4.69, 9.17) is 5.73 Å². The molecule has 2 heteroatoms. The van der Waals surface area contributed by atoms with Gasteiger partial charge in [0.1, 0.15) is 0 Å². The van der Waals surface area contributed by atoms with Gasteiger partial charge in [0.15, 0.2) is 0 Å². The summed E-state index contributed by atoms with van der Waals surface area (Å²) in [5, 5.41) is 0. The zero-order valence-corrected chi connectivity index (χ0v) is 11.4. The van der Waals surface area contributed by atoms with Gasteiger partial charge in [0.05, 0.1) is 0 Å². The number of nitrogens with two attached hydrogens (primary N) is 1. The number of rotatable bonds is 5. The third-order valence-corrected chi connectivity index (χ3v) is 4.80. The second-order valence-corrected chi connectivity index (χ2v) is 6.06. The first-order valence-corrected chi connectivity index (χ1v) is 7.84. The van der Waals surface area contributed by atoms with Crippen molar-refractivity contribution < 1.29 is 0 Å². The second-order valence-electron chi connectivity index (χ2n) is 6.06. The standard InChI is InChI=1S/C15H30N2/c16-11-9-15-8-4-5-12-17(15)13-10-14-6-2-1-3-7-14/h14-15H,1-13,16H2. The summed E-state index contributed by atoms with van der Waals surface area (Å²) in [4.78, 5) is 2.74. The summed E-state index contributed by atoms with van der Waals surface area (Å²) in [5.41, 5.74) is 5.73. The lowest BCUT2D eigenvalue weighted by Crippen LogP contribution is -2.41. The summed E-state index contributed by atoms with van der Waals surface area (Å²) < 4.78 is 0. The Balaban J connectivity index is 1.71. The van der Waals surface area contributed by atoms with Gasteiger partial charge in [-0.05, 0) is 51.2 Å². The Kier molecular flexibility index (Phi) is 5.79. The molecule has 0 aromatic heterocycles. The van der Waals surface area contributed by atoms with Crippen molar-refractivity contribution in [2.75, 3.05) is 19.6 Å². The zero-order chi connectivity index (χ0) is 11.9. The molecule has 1 aliphatic carbocycles. The molecule has 1 saturated carbocycles. The van der Waals surface area contributed by atoms with E-state index >= 15 is 0 Å². The normalized spacial score (nSPS) is 28.4. The van der Waals surface area contributed by atoms with Crippen LogP contribution in [0.15, 0.2) is 0 Å². The van der Waals surface area contributed by atoms with Crippen LogP contribution in [0.5, 0.6) is 0 Å². The predicted molar refractivity (Wildman–Crippen MR) is 74.1 cm³/mol. The van der Waals surface area contributed by atoms with Crippen molar-refractivity contribution in [3.8, 4) is 0 Å². The first kappa shape index (κ1) is 13.4. The van der Waals surface area contributed by atoms with Crippen LogP contribution in [0, 0.1) is 5.92 Å². The van der Waals surface area contributed by atoms with E-state index in [1.807, 2.05) is 0 Å². The number of hydrogen-bond donors (Lipinski definition) is 1. The molecule has 1 atom stereocenters. The lowest BCUT2D eigenvalue weighted by Gasteiger charge is -2.37. The molecule has 2 aliphatic rings. The second kappa shape index (κ2) is 7.38. The summed E-state index contributed by atoms with van der Waals surface area (Å²) >= 11 is 0. The van der Waals surface area contributed by atoms with E-state index < -0.39 is 0 Å². The number of nitrogens with zero attached hydrogens (tertiary/aromatic N) is 1. The molecule has 2 nitrogen and oxygen atoms in total. The van der Waals surface area contributed by atoms with Gasteiger partial charge in [-0.15, -0.1) is 0 Å². The lowest BCUT2D eigenvalue weighted by atomic mass is 9.86. The molecule has 1 heterocycles. The van der Waals surface area contributed by atoms with Gasteiger partial charge in [0, 0.05) is 6.04 Å². The highest BCUT2D eigenvalue weighted by Gasteiger charge is 2.22. The zero-order valence-electron chi connectivity index (χ0n) is 11.4. The third kappa shape index (κ3) is 4.26. The minimum atomic E-state index is 0.803. The lowest BCUT2D eigenvalue weighted by molar-refractivity contribution is 0.128. The quantitative estimate of drug-likeness (QED) is 0.797. The molecule has 1 unspecified atom stereocenters. The highest BCUT2D eigenvalue weighted by Crippen LogP contribution is 2.28. The fraction of sp³-hybridized carbons (Fsp3) is 1.00. The van der Waals surface area contributed by atoms with Crippen LogP contribution < -0.4 is 5.73 Å². The molecule has 1 aliphatic heterocycles. The van der Waals surface area contributed by atoms with Crippen LogP contribution in [0.4, 0.5) is 0 Å². The maximum atomic E-state index is 5.73. The molecule has 0 bridgehead atoms. The first-order valence-electron chi connectivity index (χ1n) is 7.84. The Morgan fingerprint density at radius 3 is 2.41 bits per heavy atom. The van der Waals surface area contributed by atoms with Gasteiger partial charge in [-0.3, -0.25) is 0 Å². The largest absolute Gasteiger partial charge is 0.330 e. The van der Waals surface area contributed by atoms with Crippen LogP contribution in [0.1, 0.15) is 64.2 Å². The molecule has 2 rings (SSSR count). The van der Waals surface area contributed by atoms with Crippen molar-refractivity contribution in [1.29, 1.82) is 0 Å². The Morgan fingerprint density at radius 1 is 0.882 bits per heavy atom. The Labute approximate surface area is 107 Å². The van der Waals surface area contributed by atoms with Crippen LogP contribution in [-0.4, -0.2) is 30.6 Å². The number of piperidine rings is 1. The topological polar surface area (TPSA) is 29.3 Å². The van der Waals surface area contributed by atoms with Crippen molar-refractivity contribution in [3.05, 3.63) is 0 Å². The van der Waals surface area contributed by atoms with E-state index in [0.717, 1.165) is 18.5 Å². The number of hydrogen-bond acceptors (Lipinski definition) is 2. The maximum Gasteiger partial charge on any atom is 0.0107 e. The van der Waals surface area contributed by atoms with Crippen molar-refractivity contribution in [2.45, 2.75) is 70.3 Å². The average molecular weight is 238 g/mol. The molecule has 0 spiro atoms. The third-order valence-electron chi connectivity index (χ3n) is 4.80. The van der Waals surface area contributed by atoms with Crippen LogP contribution in [0.2, 0.25) is 0 Å². The van der Waals surface area contributed by atoms with Gasteiger partial charge in [-0.1, -0.05) is 38.5 Å². The molecule has 1 saturated heterocycles. The van der Waals surface area contributed by atoms with Gasteiger partial charge in [-0.2, -0.15) is 0 Å². The van der Waals surface area contributed by atoms with E-state index in [-0.39, 0.29) is 0 Å². The average Bonchev–Trinajstić information content (AvgIpc) is 2.39. The monoisotopic (exact) mass is 238 g/mol. The summed E-state index contributed by atoms with van der Waals surface area (Å²) in [6, 6.07) is 0.803. The van der Waals surface area contributed by atoms with Crippen LogP contribution in [0.3, 0.4) is 0 Å². The van der Waals surface area contributed by atoms with Crippen LogP contribution in [-0.2, 0) is 0 Å². The highest BCUT2D eigenvalue weighted by molar-refractivity contribution is 4.78. The Bertz CT molecular complexity index is 197. The Morgan fingerprint density at radius 2 is 1.65 bits per heavy atom. The van der Waals surface area contributed by atoms with Gasteiger partial charge < -0.3 is 10.6 Å². The molecule has 0 radical (unpaired) electrons. The summed E-state index contributed by atoms with van der Waals surface area (Å²) in [6.45, 7) is 3.54. The SMILES string of the molecule is NCCC1CCCCN1CCC1CCCCC1. The van der Waals surface area contributed by atoms with E-state index in [2.05, 4.69) is 4.90 Å². The molecular formula is C15H30N2. The molecule has 2 N–H and O–H groups in total. The molecule has 100 valence electrons. The molecule has 2 fully saturated rings. The fourth-order valence-corrected chi connectivity index (χ4v) is 3.70. The van der Waals surface area contributed by atoms with Crippen molar-refractivity contribution in [2.24, 2.45) is 11.7 Å². The van der Waals surface area contributed by atoms with E-state index in [1.165, 1.54) is 77.3 Å². The minimum absolute atomic E-state index is 0.803. The van der Waals surface area contributed by atoms with Crippen LogP contribution in [0.25, 0.3) is 0 Å². The summed E-state index contributed by atoms with van der Waals surface area (Å²) in [6.07, 6.45) is 14.3. The highest BCUT2D eigenvalue weighted by atomic mass is 15.2. The van der Waals surface area contributed by atoms with E-state index in [0.29, 0.717) is 0 Å². The smallest absolute Gasteiger partial charge is 0.0107 e. The van der Waals surface area contributed by atoms with Gasteiger partial charge in [-0.25, -0.2) is 0 Å². The van der Waals surface area contributed by atoms with Crippen molar-refractivity contribution >= 4 is 0 Å². The fourth-order valence-electron chi connectivity index (χ4n) is 3.70. The number of likely N-dealkylation sites (tertiary alicyclic amines) is 1. The van der Waals surface area contributed by atoms with Gasteiger partial charge >= 0.3 is 0 Å². The maximum absolute atomic E-state index is 5.73. The summed E-state index contributed by atoms with van der Waals surface area (Å²) in [5.74, 6) is 1.03. The summed E-state index contributed by atoms with van der Waals surface area (Å²) in [7, 11) is 0. The van der Waals surface area contributed by atoms with E-state index in [9.17, 15) is 0 Å². The predicted octanol–water partition coefficient (Wildman–Crippen LogP) is 3.16. The van der Waals surface area contributed by atoms with Crippen LogP contribution >= 0.6 is 0 Å². The Hall–Kier alpha value is -0.0800. The molecule has 0 aromatic carbocycles. The first-order chi connectivity index (χ1) is 8.40.